The molecule has 6 heteroatoms. The molecule has 0 fully saturated rings. The lowest BCUT2D eigenvalue weighted by molar-refractivity contribution is 0.623. The van der Waals surface area contributed by atoms with Gasteiger partial charge >= 0.3 is 0 Å². The summed E-state index contributed by atoms with van der Waals surface area (Å²) >= 11 is 0. The zero-order valence-corrected chi connectivity index (χ0v) is 16.1. The molecule has 0 aromatic heterocycles. The first-order valence-corrected chi connectivity index (χ1v) is 7.54. The van der Waals surface area contributed by atoms with Gasteiger partial charge < -0.3 is 16.0 Å². The van der Waals surface area contributed by atoms with Crippen molar-refractivity contribution < 1.29 is 4.39 Å². The molecule has 22 heavy (non-hydrogen) atoms. The molecule has 1 aromatic carbocycles. The van der Waals surface area contributed by atoms with Crippen molar-refractivity contribution in [3.8, 4) is 0 Å². The van der Waals surface area contributed by atoms with Gasteiger partial charge in [-0.15, -0.1) is 24.0 Å². The van der Waals surface area contributed by atoms with E-state index in [9.17, 15) is 4.39 Å². The molecular formula is C16H28FIN4. The summed E-state index contributed by atoms with van der Waals surface area (Å²) in [4.78, 5) is 5.98. The first kappa shape index (κ1) is 20.9. The number of aliphatic imine (C=N–C) groups is 1. The van der Waals surface area contributed by atoms with Crippen molar-refractivity contribution in [3.63, 3.8) is 0 Å². The Balaban J connectivity index is 0.00000441. The summed E-state index contributed by atoms with van der Waals surface area (Å²) in [6, 6.07) is 5.14. The van der Waals surface area contributed by atoms with E-state index in [1.165, 1.54) is 25.3 Å². The van der Waals surface area contributed by atoms with Crippen LogP contribution in [0.2, 0.25) is 0 Å². The molecule has 0 saturated carbocycles. The third-order valence-corrected chi connectivity index (χ3v) is 3.26. The number of nitrogens with two attached hydrogens (primary N) is 1. The minimum Gasteiger partial charge on any atom is -0.375 e. The summed E-state index contributed by atoms with van der Waals surface area (Å²) in [5.74, 6) is 0.183. The Labute approximate surface area is 150 Å². The summed E-state index contributed by atoms with van der Waals surface area (Å²) in [7, 11) is 3.63. The topological polar surface area (TPSA) is 53.6 Å². The molecule has 0 heterocycles. The van der Waals surface area contributed by atoms with Crippen LogP contribution in [0.3, 0.4) is 0 Å². The molecule has 4 nitrogen and oxygen atoms in total. The van der Waals surface area contributed by atoms with Crippen molar-refractivity contribution >= 4 is 35.6 Å². The number of nitrogens with one attached hydrogen (secondary N) is 1. The van der Waals surface area contributed by atoms with Gasteiger partial charge in [0.25, 0.3) is 0 Å². The molecule has 1 rings (SSSR count). The molecule has 0 unspecified atom stereocenters. The summed E-state index contributed by atoms with van der Waals surface area (Å²) < 4.78 is 13.8. The van der Waals surface area contributed by atoms with Crippen molar-refractivity contribution in [2.24, 2.45) is 10.7 Å². The zero-order chi connectivity index (χ0) is 15.7. The molecule has 0 amide bonds. The lowest BCUT2D eigenvalue weighted by Crippen LogP contribution is -2.32. The molecule has 0 aliphatic rings. The molecule has 126 valence electrons. The molecule has 0 aliphatic heterocycles. The predicted molar refractivity (Wildman–Crippen MR) is 104 cm³/mol. The van der Waals surface area contributed by atoms with Crippen LogP contribution in [0.5, 0.6) is 0 Å². The van der Waals surface area contributed by atoms with Crippen LogP contribution in [-0.2, 0) is 6.54 Å². The highest BCUT2D eigenvalue weighted by atomic mass is 127. The highest BCUT2D eigenvalue weighted by Crippen LogP contribution is 2.18. The molecule has 0 bridgehead atoms. The third kappa shape index (κ3) is 7.82. The van der Waals surface area contributed by atoms with E-state index in [2.05, 4.69) is 17.2 Å². The van der Waals surface area contributed by atoms with Crippen LogP contribution in [-0.4, -0.2) is 26.6 Å². The lowest BCUT2D eigenvalue weighted by atomic mass is 10.2. The maximum atomic E-state index is 13.8. The smallest absolute Gasteiger partial charge is 0.188 e. The fourth-order valence-corrected chi connectivity index (χ4v) is 2.01. The average molecular weight is 422 g/mol. The highest BCUT2D eigenvalue weighted by Gasteiger charge is 2.04. The maximum absolute atomic E-state index is 13.8. The number of unbranched alkanes of at least 4 members (excludes halogenated alkanes) is 3. The van der Waals surface area contributed by atoms with E-state index in [4.69, 9.17) is 5.73 Å². The first-order chi connectivity index (χ1) is 10.0. The summed E-state index contributed by atoms with van der Waals surface area (Å²) in [6.45, 7) is 3.41. The summed E-state index contributed by atoms with van der Waals surface area (Å²) in [5, 5.41) is 3.08. The molecule has 1 aromatic rings. The van der Waals surface area contributed by atoms with Crippen LogP contribution in [0.15, 0.2) is 23.2 Å². The number of hydrogen-bond acceptors (Lipinski definition) is 2. The largest absolute Gasteiger partial charge is 0.375 e. The van der Waals surface area contributed by atoms with E-state index >= 15 is 0 Å². The fraction of sp³-hybridized carbons (Fsp3) is 0.562. The Morgan fingerprint density at radius 1 is 1.27 bits per heavy atom. The number of halogens is 2. The van der Waals surface area contributed by atoms with Crippen molar-refractivity contribution in [1.29, 1.82) is 0 Å². The Hall–Kier alpha value is -1.05. The van der Waals surface area contributed by atoms with Gasteiger partial charge in [-0.05, 0) is 24.1 Å². The van der Waals surface area contributed by atoms with E-state index in [0.29, 0.717) is 18.2 Å². The second-order valence-electron chi connectivity index (χ2n) is 5.37. The van der Waals surface area contributed by atoms with Crippen LogP contribution in [0.1, 0.15) is 38.2 Å². The number of guanidine groups is 1. The van der Waals surface area contributed by atoms with E-state index in [1.807, 2.05) is 20.2 Å². The number of nitrogens with zero attached hydrogens (tertiary/aromatic N) is 2. The number of rotatable bonds is 8. The third-order valence-electron chi connectivity index (χ3n) is 3.26. The molecule has 3 N–H and O–H groups in total. The van der Waals surface area contributed by atoms with Crippen molar-refractivity contribution in [1.82, 2.24) is 5.32 Å². The van der Waals surface area contributed by atoms with Gasteiger partial charge in [-0.1, -0.05) is 32.3 Å². The van der Waals surface area contributed by atoms with Crippen LogP contribution in [0.4, 0.5) is 10.1 Å². The van der Waals surface area contributed by atoms with Gasteiger partial charge in [0.05, 0.1) is 12.2 Å². The van der Waals surface area contributed by atoms with E-state index in [0.717, 1.165) is 18.5 Å². The molecule has 0 spiro atoms. The van der Waals surface area contributed by atoms with Gasteiger partial charge in [0.2, 0.25) is 0 Å². The van der Waals surface area contributed by atoms with E-state index in [-0.39, 0.29) is 29.8 Å². The standard InChI is InChI=1S/C16H27FN4.HI/c1-4-5-6-7-10-19-16(18)20-12-13-8-9-15(21(2)3)14(17)11-13;/h8-9,11H,4-7,10,12H2,1-3H3,(H3,18,19,20);1H. The van der Waals surface area contributed by atoms with Crippen LogP contribution in [0.25, 0.3) is 0 Å². The van der Waals surface area contributed by atoms with E-state index in [1.54, 1.807) is 11.0 Å². The Morgan fingerprint density at radius 3 is 2.59 bits per heavy atom. The minimum absolute atomic E-state index is 0. The molecular weight excluding hydrogens is 394 g/mol. The van der Waals surface area contributed by atoms with Gasteiger partial charge in [0.1, 0.15) is 5.82 Å². The first-order valence-electron chi connectivity index (χ1n) is 7.54. The van der Waals surface area contributed by atoms with Gasteiger partial charge in [-0.3, -0.25) is 0 Å². The molecule has 0 radical (unpaired) electrons. The second kappa shape index (κ2) is 11.5. The lowest BCUT2D eigenvalue weighted by Gasteiger charge is -2.13. The highest BCUT2D eigenvalue weighted by molar-refractivity contribution is 14.0. The minimum atomic E-state index is -0.237. The summed E-state index contributed by atoms with van der Waals surface area (Å²) in [5.41, 5.74) is 7.18. The molecule has 0 saturated heterocycles. The van der Waals surface area contributed by atoms with Crippen molar-refractivity contribution in [3.05, 3.63) is 29.6 Å². The van der Waals surface area contributed by atoms with E-state index < -0.39 is 0 Å². The van der Waals surface area contributed by atoms with Gasteiger partial charge in [0, 0.05) is 20.6 Å². The monoisotopic (exact) mass is 422 g/mol. The Kier molecular flexibility index (Phi) is 11.0. The van der Waals surface area contributed by atoms with Gasteiger partial charge in [-0.25, -0.2) is 9.38 Å². The number of anilines is 1. The summed E-state index contributed by atoms with van der Waals surface area (Å²) in [6.07, 6.45) is 4.76. The van der Waals surface area contributed by atoms with Crippen LogP contribution in [0, 0.1) is 5.82 Å². The maximum Gasteiger partial charge on any atom is 0.188 e. The SMILES string of the molecule is CCCCCCNC(N)=NCc1ccc(N(C)C)c(F)c1.I. The quantitative estimate of drug-likeness (QED) is 0.292. The Morgan fingerprint density at radius 2 is 2.00 bits per heavy atom. The molecule has 0 atom stereocenters. The van der Waals surface area contributed by atoms with Crippen LogP contribution < -0.4 is 16.0 Å². The van der Waals surface area contributed by atoms with Gasteiger partial charge in [-0.2, -0.15) is 0 Å². The predicted octanol–water partition coefficient (Wildman–Crippen LogP) is 3.49. The van der Waals surface area contributed by atoms with Crippen molar-refractivity contribution in [2.45, 2.75) is 39.2 Å². The number of benzene rings is 1. The zero-order valence-electron chi connectivity index (χ0n) is 13.7. The average Bonchev–Trinajstić information content (AvgIpc) is 2.44. The Bertz CT molecular complexity index is 463. The fourth-order valence-electron chi connectivity index (χ4n) is 2.01. The second-order valence-corrected chi connectivity index (χ2v) is 5.37. The van der Waals surface area contributed by atoms with Gasteiger partial charge in [0.15, 0.2) is 5.96 Å². The molecule has 0 aliphatic carbocycles. The van der Waals surface area contributed by atoms with Crippen LogP contribution >= 0.6 is 24.0 Å². The number of hydrogen-bond donors (Lipinski definition) is 2. The van der Waals surface area contributed by atoms with Crippen molar-refractivity contribution in [2.75, 3.05) is 25.5 Å². The normalized spacial score (nSPS) is 11.0.